The topological polar surface area (TPSA) is 236 Å². The average molecular weight is 1040 g/mol. The van der Waals surface area contributed by atoms with Crippen LogP contribution in [0, 0.1) is 14.9 Å². The standard InChI is InChI=1S/4C6H6.C3H8.4C2H6O3S.2C2H6O.C2H6.2CH3.Y/c4*1-2-4-6-5-3-1;1-3-2;4*1-2-6(3,4)5;2*1-3-2;1-2;;;/h4*1-6H;3H2,1-2H3;4*2H2,1H3,(H,3,4,5);2*1-2H3;1-2H3;2*1H3;/q;;;;;;;;;;;;2*-1;. The van der Waals surface area contributed by atoms with Crippen molar-refractivity contribution in [2.24, 2.45) is 0 Å². The zero-order valence-corrected chi connectivity index (χ0v) is 45.6. The Morgan fingerprint density at radius 2 is 0.339 bits per heavy atom. The van der Waals surface area contributed by atoms with Crippen molar-refractivity contribution in [2.45, 2.75) is 61.8 Å². The predicted octanol–water partition coefficient (Wildman–Crippen LogP) is 10.2. The SMILES string of the molecule is CC.CCC.CCS(=O)(=O)O.CCS(=O)(=O)O.CCS(=O)(=O)O.CCS(=O)(=O)O.COC.COC.[CH3-].[CH3-].[Y].c1ccccc1.c1ccccc1.c1ccccc1.c1ccccc1. The molecule has 4 aromatic carbocycles. The molecular weight excluding hydrogens is 958 g/mol. The van der Waals surface area contributed by atoms with Crippen LogP contribution in [0.2, 0.25) is 0 Å². The van der Waals surface area contributed by atoms with E-state index in [-0.39, 0.29) is 70.6 Å². The Bertz CT molecular complexity index is 1320. The van der Waals surface area contributed by atoms with Gasteiger partial charge in [0.15, 0.2) is 0 Å². The summed E-state index contributed by atoms with van der Waals surface area (Å²) >= 11 is 0. The summed E-state index contributed by atoms with van der Waals surface area (Å²) < 4.78 is 116. The van der Waals surface area contributed by atoms with E-state index in [1.165, 1.54) is 34.1 Å². The van der Waals surface area contributed by atoms with Crippen molar-refractivity contribution in [3.8, 4) is 0 Å². The number of rotatable bonds is 4. The van der Waals surface area contributed by atoms with Crippen molar-refractivity contribution in [2.75, 3.05) is 51.5 Å². The molecule has 0 heterocycles. The molecule has 0 aromatic heterocycles. The number of hydrogen-bond acceptors (Lipinski definition) is 10. The van der Waals surface area contributed by atoms with Crippen molar-refractivity contribution < 1.29 is 94.1 Å². The van der Waals surface area contributed by atoms with Gasteiger partial charge in [-0.3, -0.25) is 18.2 Å². The second-order valence-electron chi connectivity index (χ2n) is 9.62. The summed E-state index contributed by atoms with van der Waals surface area (Å²) in [5.74, 6) is -0.806. The fraction of sp³-hybridized carbons (Fsp3) is 0.395. The molecule has 0 saturated carbocycles. The summed E-state index contributed by atoms with van der Waals surface area (Å²) in [6, 6.07) is 48.0. The number of ether oxygens (including phenoxy) is 2. The van der Waals surface area contributed by atoms with Crippen LogP contribution < -0.4 is 0 Å². The first-order valence-corrected chi connectivity index (χ1v) is 24.5. The normalized spacial score (nSPS) is 8.58. The van der Waals surface area contributed by atoms with Gasteiger partial charge in [0, 0.05) is 61.1 Å². The van der Waals surface area contributed by atoms with Gasteiger partial charge in [0.2, 0.25) is 0 Å². The molecule has 0 aliphatic rings. The molecule has 0 spiro atoms. The predicted molar refractivity (Wildman–Crippen MR) is 260 cm³/mol. The van der Waals surface area contributed by atoms with Gasteiger partial charge in [0.1, 0.15) is 0 Å². The summed E-state index contributed by atoms with van der Waals surface area (Å²) in [5, 5.41) is 0. The second-order valence-corrected chi connectivity index (χ2v) is 16.6. The third-order valence-electron chi connectivity index (χ3n) is 4.13. The third-order valence-corrected chi connectivity index (χ3v) is 7.04. The van der Waals surface area contributed by atoms with Crippen LogP contribution in [-0.2, 0) is 82.7 Å². The van der Waals surface area contributed by atoms with E-state index in [4.69, 9.17) is 18.2 Å². The first-order valence-electron chi connectivity index (χ1n) is 18.1. The molecule has 0 unspecified atom stereocenters. The Kier molecular flexibility index (Phi) is 98.1. The van der Waals surface area contributed by atoms with Crippen molar-refractivity contribution in [1.29, 1.82) is 0 Å². The van der Waals surface area contributed by atoms with Crippen LogP contribution in [0.15, 0.2) is 146 Å². The van der Waals surface area contributed by atoms with Crippen LogP contribution >= 0.6 is 0 Å². The van der Waals surface area contributed by atoms with Crippen LogP contribution in [0.25, 0.3) is 0 Å². The molecule has 19 heteroatoms. The minimum Gasteiger partial charge on any atom is -0.388 e. The summed E-state index contributed by atoms with van der Waals surface area (Å²) in [5.41, 5.74) is 0. The summed E-state index contributed by atoms with van der Waals surface area (Å²) in [6.07, 6.45) is 1.25. The number of benzene rings is 4. The van der Waals surface area contributed by atoms with Crippen molar-refractivity contribution in [1.82, 2.24) is 0 Å². The minimum absolute atomic E-state index is 0. The monoisotopic (exact) mass is 1040 g/mol. The molecule has 0 bridgehead atoms. The summed E-state index contributed by atoms with van der Waals surface area (Å²) in [4.78, 5) is 0. The van der Waals surface area contributed by atoms with Gasteiger partial charge in [-0.25, -0.2) is 0 Å². The molecule has 4 aromatic rings. The zero-order valence-electron chi connectivity index (χ0n) is 39.5. The molecule has 0 fully saturated rings. The van der Waals surface area contributed by atoms with Crippen LogP contribution in [0.5, 0.6) is 0 Å². The number of methoxy groups -OCH3 is 2. The fourth-order valence-electron chi connectivity index (χ4n) is 1.54. The second kappa shape index (κ2) is 70.2. The van der Waals surface area contributed by atoms with E-state index < -0.39 is 40.5 Å². The van der Waals surface area contributed by atoms with E-state index in [9.17, 15) is 33.7 Å². The van der Waals surface area contributed by atoms with Crippen molar-refractivity contribution in [3.05, 3.63) is 160 Å². The van der Waals surface area contributed by atoms with Gasteiger partial charge in [-0.2, -0.15) is 33.7 Å². The van der Waals surface area contributed by atoms with Crippen LogP contribution in [0.1, 0.15) is 61.8 Å². The van der Waals surface area contributed by atoms with E-state index in [2.05, 4.69) is 23.3 Å². The molecule has 62 heavy (non-hydrogen) atoms. The van der Waals surface area contributed by atoms with Gasteiger partial charge in [-0.1, -0.05) is 180 Å². The quantitative estimate of drug-likeness (QED) is 0.110. The molecule has 4 N–H and O–H groups in total. The zero-order chi connectivity index (χ0) is 47.9. The van der Waals surface area contributed by atoms with Crippen molar-refractivity contribution >= 4 is 40.5 Å². The Labute approximate surface area is 405 Å². The summed E-state index contributed by atoms with van der Waals surface area (Å²) in [6.45, 7) is 13.7. The first-order chi connectivity index (χ1) is 27.5. The molecule has 4 rings (SSSR count). The first kappa shape index (κ1) is 86.6. The largest absolute Gasteiger partial charge is 0.388 e. The fourth-order valence-corrected chi connectivity index (χ4v) is 1.54. The Morgan fingerprint density at radius 1 is 0.306 bits per heavy atom. The van der Waals surface area contributed by atoms with E-state index in [0.717, 1.165) is 0 Å². The maximum Gasteiger partial charge on any atom is 0.264 e. The van der Waals surface area contributed by atoms with E-state index >= 15 is 0 Å². The Hall–Kier alpha value is -2.46. The summed E-state index contributed by atoms with van der Waals surface area (Å²) in [7, 11) is -8.15. The Balaban J connectivity index is -0.0000000512. The maximum atomic E-state index is 9.56. The van der Waals surface area contributed by atoms with Crippen molar-refractivity contribution in [3.63, 3.8) is 0 Å². The smallest absolute Gasteiger partial charge is 0.264 e. The van der Waals surface area contributed by atoms with Gasteiger partial charge in [0.05, 0.1) is 23.0 Å². The molecule has 0 saturated heterocycles. The molecule has 1 radical (unpaired) electrons. The van der Waals surface area contributed by atoms with Gasteiger partial charge in [-0.15, -0.1) is 0 Å². The van der Waals surface area contributed by atoms with Crippen LogP contribution in [0.4, 0.5) is 0 Å². The van der Waals surface area contributed by atoms with E-state index in [1.807, 2.05) is 159 Å². The molecule has 0 aliphatic carbocycles. The molecule has 0 atom stereocenters. The third kappa shape index (κ3) is 164. The van der Waals surface area contributed by atoms with Gasteiger partial charge >= 0.3 is 0 Å². The van der Waals surface area contributed by atoms with E-state index in [0.29, 0.717) is 0 Å². The number of hydrogen-bond donors (Lipinski definition) is 4. The Morgan fingerprint density at radius 3 is 0.355 bits per heavy atom. The van der Waals surface area contributed by atoms with Gasteiger partial charge in [0.25, 0.3) is 40.5 Å². The maximum absolute atomic E-state index is 9.56. The van der Waals surface area contributed by atoms with E-state index in [1.54, 1.807) is 28.4 Å². The minimum atomic E-state index is -3.66. The van der Waals surface area contributed by atoms with Gasteiger partial charge < -0.3 is 24.3 Å². The molecule has 365 valence electrons. The van der Waals surface area contributed by atoms with Gasteiger partial charge in [-0.05, 0) is 27.7 Å². The molecule has 14 nitrogen and oxygen atoms in total. The van der Waals surface area contributed by atoms with Crippen LogP contribution in [-0.4, -0.2) is 103 Å². The molecule has 0 amide bonds. The molecular formula is C43H80O14S4Y-2. The van der Waals surface area contributed by atoms with Crippen LogP contribution in [0.3, 0.4) is 0 Å². The average Bonchev–Trinajstić information content (AvgIpc) is 3.23. The molecule has 0 aliphatic heterocycles.